The Morgan fingerprint density at radius 2 is 1.95 bits per heavy atom. The van der Waals surface area contributed by atoms with Crippen LogP contribution in [-0.4, -0.2) is 10.3 Å². The van der Waals surface area contributed by atoms with E-state index in [4.69, 9.17) is 0 Å². The highest BCUT2D eigenvalue weighted by Crippen LogP contribution is 2.26. The second kappa shape index (κ2) is 6.61. The lowest BCUT2D eigenvalue weighted by atomic mass is 10.3. The molecule has 0 radical (unpaired) electrons. The number of anilines is 1. The van der Waals surface area contributed by atoms with Crippen molar-refractivity contribution in [3.8, 4) is 0 Å². The number of halogens is 2. The number of thioether (sulfide) groups is 1. The topological polar surface area (TPSA) is 17.0 Å². The number of aromatic nitrogens is 1. The Kier molecular flexibility index (Phi) is 4.85. The van der Waals surface area contributed by atoms with Gasteiger partial charge in [0.05, 0.1) is 0 Å². The Hall–Kier alpha value is -1.49. The fraction of sp³-hybridized carbons (Fsp3) is 0.286. The first-order valence-electron chi connectivity index (χ1n) is 6.11. The molecule has 2 nitrogen and oxygen atoms in total. The van der Waals surface area contributed by atoms with Gasteiger partial charge in [-0.25, -0.2) is 0 Å². The Morgan fingerprint density at radius 3 is 2.53 bits per heavy atom. The molecule has 5 heteroatoms. The quantitative estimate of drug-likeness (QED) is 0.789. The van der Waals surface area contributed by atoms with Gasteiger partial charge in [-0.15, -0.1) is 0 Å². The Balaban J connectivity index is 1.89. The van der Waals surface area contributed by atoms with Crippen LogP contribution in [-0.2, 0) is 13.1 Å². The lowest BCUT2D eigenvalue weighted by Crippen LogP contribution is -1.98. The third-order valence-electron chi connectivity index (χ3n) is 2.75. The maximum Gasteiger partial charge on any atom is 0.288 e. The molecule has 0 unspecified atom stereocenters. The van der Waals surface area contributed by atoms with Crippen LogP contribution in [0.4, 0.5) is 14.5 Å². The van der Waals surface area contributed by atoms with Crippen LogP contribution in [0.5, 0.6) is 0 Å². The summed E-state index contributed by atoms with van der Waals surface area (Å²) >= 11 is 0.563. The van der Waals surface area contributed by atoms with Crippen LogP contribution in [0.3, 0.4) is 0 Å². The Labute approximate surface area is 115 Å². The summed E-state index contributed by atoms with van der Waals surface area (Å²) in [6.45, 7) is 3.78. The van der Waals surface area contributed by atoms with Gasteiger partial charge in [0, 0.05) is 36.1 Å². The standard InChI is InChI=1S/C14H16F2N2S/c1-2-18-8-7-11(10-18)9-17-12-3-5-13(6-4-12)19-14(15)16/h3-8,10,14,17H,2,9H2,1H3. The molecule has 0 spiro atoms. The van der Waals surface area contributed by atoms with Crippen LogP contribution in [0.2, 0.25) is 0 Å². The second-order valence-corrected chi connectivity index (χ2v) is 5.17. The highest BCUT2D eigenvalue weighted by molar-refractivity contribution is 7.99. The minimum absolute atomic E-state index is 0.563. The van der Waals surface area contributed by atoms with E-state index in [1.807, 2.05) is 18.3 Å². The smallest absolute Gasteiger partial charge is 0.288 e. The summed E-state index contributed by atoms with van der Waals surface area (Å²) < 4.78 is 26.5. The van der Waals surface area contributed by atoms with Gasteiger partial charge in [0.15, 0.2) is 0 Å². The maximum atomic E-state index is 12.2. The van der Waals surface area contributed by atoms with E-state index in [9.17, 15) is 8.78 Å². The summed E-state index contributed by atoms with van der Waals surface area (Å²) in [4.78, 5) is 0.581. The lowest BCUT2D eigenvalue weighted by molar-refractivity contribution is 0.252. The van der Waals surface area contributed by atoms with E-state index in [2.05, 4.69) is 29.1 Å². The van der Waals surface area contributed by atoms with Crippen LogP contribution < -0.4 is 5.32 Å². The van der Waals surface area contributed by atoms with Crippen molar-refractivity contribution >= 4 is 17.4 Å². The van der Waals surface area contributed by atoms with E-state index in [1.165, 1.54) is 5.56 Å². The molecule has 0 aliphatic rings. The monoisotopic (exact) mass is 282 g/mol. The zero-order valence-electron chi connectivity index (χ0n) is 10.6. The van der Waals surface area contributed by atoms with Crippen molar-refractivity contribution in [2.75, 3.05) is 5.32 Å². The highest BCUT2D eigenvalue weighted by Gasteiger charge is 2.04. The molecule has 0 aliphatic carbocycles. The SMILES string of the molecule is CCn1ccc(CNc2ccc(SC(F)F)cc2)c1. The fourth-order valence-corrected chi connectivity index (χ4v) is 2.25. The number of benzene rings is 1. The van der Waals surface area contributed by atoms with E-state index in [0.29, 0.717) is 16.7 Å². The van der Waals surface area contributed by atoms with Crippen molar-refractivity contribution < 1.29 is 8.78 Å². The van der Waals surface area contributed by atoms with Crippen molar-refractivity contribution in [1.29, 1.82) is 0 Å². The largest absolute Gasteiger partial charge is 0.381 e. The minimum Gasteiger partial charge on any atom is -0.381 e. The number of hydrogen-bond acceptors (Lipinski definition) is 2. The second-order valence-electron chi connectivity index (χ2n) is 4.11. The minimum atomic E-state index is -2.37. The van der Waals surface area contributed by atoms with E-state index >= 15 is 0 Å². The van der Waals surface area contributed by atoms with Crippen molar-refractivity contribution in [3.05, 3.63) is 48.3 Å². The predicted molar refractivity (Wildman–Crippen MR) is 75.7 cm³/mol. The predicted octanol–water partition coefficient (Wildman–Crippen LogP) is 4.43. The molecule has 0 saturated carbocycles. The van der Waals surface area contributed by atoms with Gasteiger partial charge in [-0.05, 0) is 42.8 Å². The average Bonchev–Trinajstić information content (AvgIpc) is 2.85. The van der Waals surface area contributed by atoms with Gasteiger partial charge in [0.1, 0.15) is 0 Å². The molecule has 0 saturated heterocycles. The van der Waals surface area contributed by atoms with Crippen LogP contribution in [0.1, 0.15) is 12.5 Å². The molecule has 0 amide bonds. The van der Waals surface area contributed by atoms with E-state index in [1.54, 1.807) is 12.1 Å². The molecular formula is C14H16F2N2S. The van der Waals surface area contributed by atoms with Gasteiger partial charge in [-0.2, -0.15) is 8.78 Å². The summed E-state index contributed by atoms with van der Waals surface area (Å²) in [6.07, 6.45) is 4.13. The van der Waals surface area contributed by atoms with E-state index in [0.717, 1.165) is 18.8 Å². The van der Waals surface area contributed by atoms with Crippen molar-refractivity contribution in [2.45, 2.75) is 30.7 Å². The molecule has 19 heavy (non-hydrogen) atoms. The first-order valence-corrected chi connectivity index (χ1v) is 6.98. The Bertz CT molecular complexity index is 508. The molecule has 0 aliphatic heterocycles. The number of hydrogen-bond donors (Lipinski definition) is 1. The zero-order chi connectivity index (χ0) is 13.7. The summed E-state index contributed by atoms with van der Waals surface area (Å²) in [5, 5.41) is 3.27. The molecule has 1 aromatic heterocycles. The molecule has 1 N–H and O–H groups in total. The van der Waals surface area contributed by atoms with E-state index in [-0.39, 0.29) is 0 Å². The average molecular weight is 282 g/mol. The van der Waals surface area contributed by atoms with Gasteiger partial charge < -0.3 is 9.88 Å². The molecule has 0 bridgehead atoms. The molecular weight excluding hydrogens is 266 g/mol. The number of aryl methyl sites for hydroxylation is 1. The third kappa shape index (κ3) is 4.28. The molecule has 2 rings (SSSR count). The molecule has 2 aromatic rings. The number of nitrogens with one attached hydrogen (secondary N) is 1. The third-order valence-corrected chi connectivity index (χ3v) is 3.48. The lowest BCUT2D eigenvalue weighted by Gasteiger charge is -2.06. The normalized spacial score (nSPS) is 10.9. The number of nitrogens with zero attached hydrogens (tertiary/aromatic N) is 1. The van der Waals surface area contributed by atoms with Gasteiger partial charge in [0.25, 0.3) is 5.76 Å². The van der Waals surface area contributed by atoms with Gasteiger partial charge in [0.2, 0.25) is 0 Å². The van der Waals surface area contributed by atoms with Gasteiger partial charge >= 0.3 is 0 Å². The van der Waals surface area contributed by atoms with Crippen molar-refractivity contribution in [3.63, 3.8) is 0 Å². The van der Waals surface area contributed by atoms with Crippen LogP contribution in [0.15, 0.2) is 47.6 Å². The van der Waals surface area contributed by atoms with Crippen molar-refractivity contribution in [1.82, 2.24) is 4.57 Å². The molecule has 0 fully saturated rings. The van der Waals surface area contributed by atoms with E-state index < -0.39 is 5.76 Å². The zero-order valence-corrected chi connectivity index (χ0v) is 11.5. The van der Waals surface area contributed by atoms with Crippen LogP contribution in [0, 0.1) is 0 Å². The Morgan fingerprint density at radius 1 is 1.21 bits per heavy atom. The molecule has 102 valence electrons. The van der Waals surface area contributed by atoms with Gasteiger partial charge in [-0.3, -0.25) is 0 Å². The molecule has 0 atom stereocenters. The molecule has 1 heterocycles. The highest BCUT2D eigenvalue weighted by atomic mass is 32.2. The molecule has 1 aromatic carbocycles. The van der Waals surface area contributed by atoms with Gasteiger partial charge in [-0.1, -0.05) is 11.8 Å². The first kappa shape index (κ1) is 13.9. The summed E-state index contributed by atoms with van der Waals surface area (Å²) in [5.41, 5.74) is 2.13. The summed E-state index contributed by atoms with van der Waals surface area (Å²) in [5.74, 6) is -2.37. The fourth-order valence-electron chi connectivity index (χ4n) is 1.75. The number of rotatable bonds is 6. The van der Waals surface area contributed by atoms with Crippen LogP contribution in [0.25, 0.3) is 0 Å². The summed E-state index contributed by atoms with van der Waals surface area (Å²) in [7, 11) is 0. The first-order chi connectivity index (χ1) is 9.17. The maximum absolute atomic E-state index is 12.2. The van der Waals surface area contributed by atoms with Crippen molar-refractivity contribution in [2.24, 2.45) is 0 Å². The van der Waals surface area contributed by atoms with Crippen LogP contribution >= 0.6 is 11.8 Å². The summed E-state index contributed by atoms with van der Waals surface area (Å²) in [6, 6.07) is 9.12. The number of alkyl halides is 2.